The van der Waals surface area contributed by atoms with Crippen molar-refractivity contribution in [2.24, 2.45) is 0 Å². The van der Waals surface area contributed by atoms with Gasteiger partial charge in [-0.15, -0.1) is 0 Å². The molecule has 17 heavy (non-hydrogen) atoms. The number of ketones is 1. The van der Waals surface area contributed by atoms with Crippen LogP contribution in [0, 0.1) is 0 Å². The molecule has 88 valence electrons. The fourth-order valence-electron chi connectivity index (χ4n) is 2.66. The Morgan fingerprint density at radius 3 is 2.82 bits per heavy atom. The van der Waals surface area contributed by atoms with Gasteiger partial charge in [0.15, 0.2) is 5.78 Å². The Labute approximate surface area is 99.8 Å². The maximum atomic E-state index is 11.3. The van der Waals surface area contributed by atoms with Gasteiger partial charge in [0.25, 0.3) is 0 Å². The lowest BCUT2D eigenvalue weighted by molar-refractivity contribution is 0.101. The van der Waals surface area contributed by atoms with Crippen LogP contribution in [0.4, 0.5) is 0 Å². The SMILES string of the molecule is CC(=O)c1ccc2c(C3CCCC3)onc2c1. The monoisotopic (exact) mass is 229 g/mol. The lowest BCUT2D eigenvalue weighted by Crippen LogP contribution is -1.92. The van der Waals surface area contributed by atoms with Crippen molar-refractivity contribution in [3.63, 3.8) is 0 Å². The first kappa shape index (κ1) is 10.5. The third kappa shape index (κ3) is 1.75. The zero-order chi connectivity index (χ0) is 11.8. The number of carbonyl (C=O) groups excluding carboxylic acids is 1. The molecule has 3 rings (SSSR count). The third-order valence-corrected chi connectivity index (χ3v) is 3.64. The predicted molar refractivity (Wildman–Crippen MR) is 65.2 cm³/mol. The minimum atomic E-state index is 0.0670. The molecule has 1 aromatic heterocycles. The van der Waals surface area contributed by atoms with Crippen LogP contribution in [-0.2, 0) is 0 Å². The molecule has 0 atom stereocenters. The van der Waals surface area contributed by atoms with Crippen LogP contribution in [0.25, 0.3) is 10.9 Å². The average Bonchev–Trinajstić information content (AvgIpc) is 2.96. The molecule has 1 aliphatic carbocycles. The number of fused-ring (bicyclic) bond motifs is 1. The summed E-state index contributed by atoms with van der Waals surface area (Å²) >= 11 is 0. The van der Waals surface area contributed by atoms with Crippen molar-refractivity contribution in [3.8, 4) is 0 Å². The van der Waals surface area contributed by atoms with Crippen LogP contribution < -0.4 is 0 Å². The van der Waals surface area contributed by atoms with Gasteiger partial charge in [0.2, 0.25) is 0 Å². The number of carbonyl (C=O) groups is 1. The van der Waals surface area contributed by atoms with Crippen molar-refractivity contribution in [2.45, 2.75) is 38.5 Å². The number of aromatic nitrogens is 1. The number of nitrogens with zero attached hydrogens (tertiary/aromatic N) is 1. The molecule has 0 radical (unpaired) electrons. The summed E-state index contributed by atoms with van der Waals surface area (Å²) in [5.74, 6) is 1.59. The lowest BCUT2D eigenvalue weighted by Gasteiger charge is -2.03. The second kappa shape index (κ2) is 3.99. The van der Waals surface area contributed by atoms with Crippen molar-refractivity contribution < 1.29 is 9.32 Å². The largest absolute Gasteiger partial charge is 0.360 e. The Balaban J connectivity index is 2.07. The highest BCUT2D eigenvalue weighted by Gasteiger charge is 2.23. The van der Waals surface area contributed by atoms with Gasteiger partial charge in [-0.25, -0.2) is 0 Å². The van der Waals surface area contributed by atoms with Gasteiger partial charge in [-0.2, -0.15) is 0 Å². The highest BCUT2D eigenvalue weighted by Crippen LogP contribution is 2.37. The minimum Gasteiger partial charge on any atom is -0.360 e. The van der Waals surface area contributed by atoms with E-state index in [0.29, 0.717) is 11.5 Å². The van der Waals surface area contributed by atoms with Crippen molar-refractivity contribution in [2.75, 3.05) is 0 Å². The Morgan fingerprint density at radius 1 is 1.35 bits per heavy atom. The number of rotatable bonds is 2. The molecule has 3 nitrogen and oxygen atoms in total. The molecular formula is C14H15NO2. The molecule has 0 saturated heterocycles. The summed E-state index contributed by atoms with van der Waals surface area (Å²) in [7, 11) is 0. The van der Waals surface area contributed by atoms with Gasteiger partial charge < -0.3 is 4.52 Å². The molecule has 1 aromatic carbocycles. The normalized spacial score (nSPS) is 16.8. The molecule has 0 aliphatic heterocycles. The number of benzene rings is 1. The average molecular weight is 229 g/mol. The fraction of sp³-hybridized carbons (Fsp3) is 0.429. The molecule has 1 heterocycles. The molecule has 0 unspecified atom stereocenters. The first-order valence-corrected chi connectivity index (χ1v) is 6.16. The molecule has 0 amide bonds. The van der Waals surface area contributed by atoms with Crippen molar-refractivity contribution in [1.29, 1.82) is 0 Å². The number of hydrogen-bond acceptors (Lipinski definition) is 3. The highest BCUT2D eigenvalue weighted by molar-refractivity contribution is 5.97. The smallest absolute Gasteiger partial charge is 0.159 e. The number of Topliss-reactive ketones (excluding diaryl/α,β-unsaturated/α-hetero) is 1. The summed E-state index contributed by atoms with van der Waals surface area (Å²) < 4.78 is 5.47. The van der Waals surface area contributed by atoms with Crippen molar-refractivity contribution >= 4 is 16.7 Å². The molecule has 1 saturated carbocycles. The van der Waals surface area contributed by atoms with E-state index >= 15 is 0 Å². The van der Waals surface area contributed by atoms with Crippen LogP contribution in [-0.4, -0.2) is 10.9 Å². The summed E-state index contributed by atoms with van der Waals surface area (Å²) in [5.41, 5.74) is 1.50. The Kier molecular flexibility index (Phi) is 2.46. The van der Waals surface area contributed by atoms with Crippen LogP contribution in [0.3, 0.4) is 0 Å². The predicted octanol–water partition coefficient (Wildman–Crippen LogP) is 3.69. The van der Waals surface area contributed by atoms with E-state index in [1.807, 2.05) is 18.2 Å². The summed E-state index contributed by atoms with van der Waals surface area (Å²) in [6, 6.07) is 5.65. The summed E-state index contributed by atoms with van der Waals surface area (Å²) in [5, 5.41) is 5.15. The van der Waals surface area contributed by atoms with Gasteiger partial charge in [-0.3, -0.25) is 4.79 Å². The van der Waals surface area contributed by atoms with Crippen LogP contribution in [0.5, 0.6) is 0 Å². The molecule has 1 fully saturated rings. The van der Waals surface area contributed by atoms with E-state index in [1.54, 1.807) is 6.92 Å². The first-order valence-electron chi connectivity index (χ1n) is 6.16. The van der Waals surface area contributed by atoms with Gasteiger partial charge in [-0.1, -0.05) is 24.1 Å². The molecule has 0 spiro atoms. The standard InChI is InChI=1S/C14H15NO2/c1-9(16)11-6-7-12-13(8-11)15-17-14(12)10-4-2-3-5-10/h6-8,10H,2-5H2,1H3. The van der Waals surface area contributed by atoms with E-state index in [-0.39, 0.29) is 5.78 Å². The number of hydrogen-bond donors (Lipinski definition) is 0. The molecule has 1 aliphatic rings. The zero-order valence-corrected chi connectivity index (χ0v) is 9.90. The fourth-order valence-corrected chi connectivity index (χ4v) is 2.66. The van der Waals surface area contributed by atoms with E-state index < -0.39 is 0 Å². The Morgan fingerprint density at radius 2 is 2.12 bits per heavy atom. The maximum absolute atomic E-state index is 11.3. The topological polar surface area (TPSA) is 43.1 Å². The molecule has 2 aromatic rings. The lowest BCUT2D eigenvalue weighted by atomic mass is 10.0. The molecule has 0 N–H and O–H groups in total. The van der Waals surface area contributed by atoms with E-state index in [1.165, 1.54) is 25.7 Å². The summed E-state index contributed by atoms with van der Waals surface area (Å²) in [4.78, 5) is 11.3. The van der Waals surface area contributed by atoms with E-state index in [2.05, 4.69) is 5.16 Å². The van der Waals surface area contributed by atoms with Gasteiger partial charge in [0, 0.05) is 16.9 Å². The Bertz CT molecular complexity index is 565. The summed E-state index contributed by atoms with van der Waals surface area (Å²) in [6.07, 6.45) is 4.94. The van der Waals surface area contributed by atoms with Crippen molar-refractivity contribution in [1.82, 2.24) is 5.16 Å². The summed E-state index contributed by atoms with van der Waals surface area (Å²) in [6.45, 7) is 1.57. The van der Waals surface area contributed by atoms with Gasteiger partial charge in [-0.05, 0) is 31.9 Å². The van der Waals surface area contributed by atoms with Crippen molar-refractivity contribution in [3.05, 3.63) is 29.5 Å². The third-order valence-electron chi connectivity index (χ3n) is 3.64. The van der Waals surface area contributed by atoms with Crippen LogP contribution in [0.1, 0.15) is 54.6 Å². The van der Waals surface area contributed by atoms with E-state index in [9.17, 15) is 4.79 Å². The highest BCUT2D eigenvalue weighted by atomic mass is 16.5. The van der Waals surface area contributed by atoms with Gasteiger partial charge in [0.1, 0.15) is 11.3 Å². The van der Waals surface area contributed by atoms with Gasteiger partial charge >= 0.3 is 0 Å². The zero-order valence-electron chi connectivity index (χ0n) is 9.90. The van der Waals surface area contributed by atoms with Crippen LogP contribution in [0.15, 0.2) is 22.7 Å². The van der Waals surface area contributed by atoms with Gasteiger partial charge in [0.05, 0.1) is 0 Å². The van der Waals surface area contributed by atoms with Crippen LogP contribution in [0.2, 0.25) is 0 Å². The minimum absolute atomic E-state index is 0.0670. The first-order chi connectivity index (χ1) is 8.25. The molecule has 3 heteroatoms. The van der Waals surface area contributed by atoms with E-state index in [0.717, 1.165) is 16.7 Å². The second-order valence-electron chi connectivity index (χ2n) is 4.82. The Hall–Kier alpha value is -1.64. The second-order valence-corrected chi connectivity index (χ2v) is 4.82. The van der Waals surface area contributed by atoms with Crippen LogP contribution >= 0.6 is 0 Å². The molecule has 0 bridgehead atoms. The molecular weight excluding hydrogens is 214 g/mol. The quantitative estimate of drug-likeness (QED) is 0.737. The van der Waals surface area contributed by atoms with E-state index in [4.69, 9.17) is 4.52 Å². The maximum Gasteiger partial charge on any atom is 0.159 e.